The number of hydrogen-bond acceptors (Lipinski definition) is 3. The van der Waals surface area contributed by atoms with E-state index < -0.39 is 6.04 Å². The van der Waals surface area contributed by atoms with Crippen molar-refractivity contribution in [1.29, 1.82) is 0 Å². The zero-order valence-corrected chi connectivity index (χ0v) is 13.6. The van der Waals surface area contributed by atoms with Crippen molar-refractivity contribution in [3.8, 4) is 11.1 Å². The summed E-state index contributed by atoms with van der Waals surface area (Å²) in [6, 6.07) is 14.1. The summed E-state index contributed by atoms with van der Waals surface area (Å²) >= 11 is 0. The first-order valence-electron chi connectivity index (χ1n) is 8.58. The molecule has 0 bridgehead atoms. The van der Waals surface area contributed by atoms with Gasteiger partial charge in [0.05, 0.1) is 6.04 Å². The van der Waals surface area contributed by atoms with Crippen LogP contribution in [0.4, 0.5) is 5.69 Å². The van der Waals surface area contributed by atoms with E-state index in [9.17, 15) is 4.79 Å². The van der Waals surface area contributed by atoms with Gasteiger partial charge >= 0.3 is 0 Å². The molecule has 4 nitrogen and oxygen atoms in total. The Morgan fingerprint density at radius 2 is 1.83 bits per heavy atom. The minimum atomic E-state index is -0.473. The number of rotatable bonds is 3. The van der Waals surface area contributed by atoms with E-state index in [1.54, 1.807) is 0 Å². The predicted molar refractivity (Wildman–Crippen MR) is 94.8 cm³/mol. The minimum absolute atomic E-state index is 0.0997. The highest BCUT2D eigenvalue weighted by Gasteiger charge is 2.27. The SMILES string of the molecule is NC(C(=O)Nc1ccc2c(c1)Cc1ccccc1-2)C1CCOCC1. The van der Waals surface area contributed by atoms with Gasteiger partial charge in [-0.2, -0.15) is 0 Å². The summed E-state index contributed by atoms with van der Waals surface area (Å²) in [6.45, 7) is 1.39. The van der Waals surface area contributed by atoms with Gasteiger partial charge in [-0.25, -0.2) is 0 Å². The van der Waals surface area contributed by atoms with Gasteiger partial charge < -0.3 is 15.8 Å². The number of carbonyl (C=O) groups is 1. The maximum atomic E-state index is 12.5. The molecule has 24 heavy (non-hydrogen) atoms. The summed E-state index contributed by atoms with van der Waals surface area (Å²) in [5, 5.41) is 2.99. The number of amides is 1. The van der Waals surface area contributed by atoms with Gasteiger partial charge in [-0.15, -0.1) is 0 Å². The topological polar surface area (TPSA) is 64.4 Å². The van der Waals surface area contributed by atoms with Crippen LogP contribution in [0.15, 0.2) is 42.5 Å². The maximum Gasteiger partial charge on any atom is 0.241 e. The molecular weight excluding hydrogens is 300 g/mol. The van der Waals surface area contributed by atoms with Crippen LogP contribution in [0.5, 0.6) is 0 Å². The van der Waals surface area contributed by atoms with Crippen molar-refractivity contribution >= 4 is 11.6 Å². The summed E-state index contributed by atoms with van der Waals surface area (Å²) in [7, 11) is 0. The van der Waals surface area contributed by atoms with Gasteiger partial charge in [-0.3, -0.25) is 4.79 Å². The van der Waals surface area contributed by atoms with Gasteiger partial charge in [0.1, 0.15) is 0 Å². The van der Waals surface area contributed by atoms with Crippen molar-refractivity contribution in [2.45, 2.75) is 25.3 Å². The van der Waals surface area contributed by atoms with E-state index in [1.807, 2.05) is 6.07 Å². The molecule has 0 spiro atoms. The van der Waals surface area contributed by atoms with Crippen molar-refractivity contribution in [2.24, 2.45) is 11.7 Å². The molecule has 4 rings (SSSR count). The second kappa shape index (κ2) is 6.38. The number of fused-ring (bicyclic) bond motifs is 3. The largest absolute Gasteiger partial charge is 0.381 e. The Hall–Kier alpha value is -2.17. The van der Waals surface area contributed by atoms with Crippen LogP contribution in [-0.4, -0.2) is 25.2 Å². The van der Waals surface area contributed by atoms with Crippen LogP contribution in [0.25, 0.3) is 11.1 Å². The highest BCUT2D eigenvalue weighted by Crippen LogP contribution is 2.37. The van der Waals surface area contributed by atoms with Crippen LogP contribution >= 0.6 is 0 Å². The number of nitrogens with two attached hydrogens (primary N) is 1. The third kappa shape index (κ3) is 2.83. The quantitative estimate of drug-likeness (QED) is 0.779. The highest BCUT2D eigenvalue weighted by molar-refractivity contribution is 5.95. The van der Waals surface area contributed by atoms with E-state index in [-0.39, 0.29) is 11.8 Å². The zero-order chi connectivity index (χ0) is 16.5. The lowest BCUT2D eigenvalue weighted by atomic mass is 9.92. The Balaban J connectivity index is 1.48. The second-order valence-electron chi connectivity index (χ2n) is 6.67. The molecular formula is C20H22N2O2. The molecule has 1 heterocycles. The molecule has 2 aromatic carbocycles. The molecule has 4 heteroatoms. The van der Waals surface area contributed by atoms with Gasteiger partial charge in [-0.05, 0) is 59.6 Å². The van der Waals surface area contributed by atoms with Gasteiger partial charge in [0.25, 0.3) is 0 Å². The molecule has 2 aliphatic rings. The molecule has 1 aliphatic carbocycles. The summed E-state index contributed by atoms with van der Waals surface area (Å²) in [4.78, 5) is 12.5. The zero-order valence-electron chi connectivity index (χ0n) is 13.6. The summed E-state index contributed by atoms with van der Waals surface area (Å²) < 4.78 is 5.34. The van der Waals surface area contributed by atoms with Crippen LogP contribution in [-0.2, 0) is 16.0 Å². The lowest BCUT2D eigenvalue weighted by molar-refractivity contribution is -0.119. The van der Waals surface area contributed by atoms with E-state index in [4.69, 9.17) is 10.5 Å². The predicted octanol–water partition coefficient (Wildman–Crippen LogP) is 2.95. The van der Waals surface area contributed by atoms with E-state index in [0.29, 0.717) is 13.2 Å². The number of nitrogens with one attached hydrogen (secondary N) is 1. The van der Waals surface area contributed by atoms with E-state index in [2.05, 4.69) is 41.7 Å². The molecule has 3 N–H and O–H groups in total. The fourth-order valence-corrected chi connectivity index (χ4v) is 3.74. The molecule has 124 valence electrons. The summed E-state index contributed by atoms with van der Waals surface area (Å²) in [5.74, 6) is 0.106. The smallest absolute Gasteiger partial charge is 0.241 e. The van der Waals surface area contributed by atoms with Gasteiger partial charge in [0.2, 0.25) is 5.91 Å². The molecule has 1 fully saturated rings. The Kier molecular flexibility index (Phi) is 4.08. The molecule has 0 aromatic heterocycles. The number of hydrogen-bond donors (Lipinski definition) is 2. The fraction of sp³-hybridized carbons (Fsp3) is 0.350. The molecule has 1 aliphatic heterocycles. The Morgan fingerprint density at radius 1 is 1.08 bits per heavy atom. The number of benzene rings is 2. The van der Waals surface area contributed by atoms with Crippen molar-refractivity contribution in [2.75, 3.05) is 18.5 Å². The minimum Gasteiger partial charge on any atom is -0.381 e. The Morgan fingerprint density at radius 3 is 2.67 bits per heavy atom. The van der Waals surface area contributed by atoms with E-state index in [1.165, 1.54) is 22.3 Å². The second-order valence-corrected chi connectivity index (χ2v) is 6.67. The van der Waals surface area contributed by atoms with E-state index >= 15 is 0 Å². The average Bonchev–Trinajstić information content (AvgIpc) is 2.99. The van der Waals surface area contributed by atoms with Crippen molar-refractivity contribution < 1.29 is 9.53 Å². The molecule has 1 amide bonds. The van der Waals surface area contributed by atoms with E-state index in [0.717, 1.165) is 24.9 Å². The molecule has 1 saturated heterocycles. The number of anilines is 1. The summed E-state index contributed by atoms with van der Waals surface area (Å²) in [6.07, 6.45) is 2.63. The third-order valence-electron chi connectivity index (χ3n) is 5.14. The van der Waals surface area contributed by atoms with Crippen molar-refractivity contribution in [1.82, 2.24) is 0 Å². The Bertz CT molecular complexity index is 766. The monoisotopic (exact) mass is 322 g/mol. The molecule has 1 atom stereocenters. The lowest BCUT2D eigenvalue weighted by Crippen LogP contribution is -2.44. The van der Waals surface area contributed by atoms with Crippen molar-refractivity contribution in [3.05, 3.63) is 53.6 Å². The molecule has 2 aromatic rings. The summed E-state index contributed by atoms with van der Waals surface area (Å²) in [5.41, 5.74) is 12.1. The highest BCUT2D eigenvalue weighted by atomic mass is 16.5. The van der Waals surface area contributed by atoms with Gasteiger partial charge in [0.15, 0.2) is 0 Å². The van der Waals surface area contributed by atoms with Crippen LogP contribution in [0.1, 0.15) is 24.0 Å². The normalized spacial score (nSPS) is 17.9. The van der Waals surface area contributed by atoms with Crippen molar-refractivity contribution in [3.63, 3.8) is 0 Å². The first-order chi connectivity index (χ1) is 11.7. The van der Waals surface area contributed by atoms with Crippen LogP contribution < -0.4 is 11.1 Å². The first-order valence-corrected chi connectivity index (χ1v) is 8.58. The fourth-order valence-electron chi connectivity index (χ4n) is 3.74. The Labute approximate surface area is 142 Å². The van der Waals surface area contributed by atoms with Crippen LogP contribution in [0.3, 0.4) is 0 Å². The number of carbonyl (C=O) groups excluding carboxylic acids is 1. The lowest BCUT2D eigenvalue weighted by Gasteiger charge is -2.26. The third-order valence-corrected chi connectivity index (χ3v) is 5.14. The van der Waals surface area contributed by atoms with Crippen LogP contribution in [0.2, 0.25) is 0 Å². The average molecular weight is 322 g/mol. The molecule has 0 saturated carbocycles. The first kappa shape index (κ1) is 15.4. The van der Waals surface area contributed by atoms with Gasteiger partial charge in [-0.1, -0.05) is 30.3 Å². The van der Waals surface area contributed by atoms with Crippen LogP contribution in [0, 0.1) is 5.92 Å². The molecule has 1 unspecified atom stereocenters. The van der Waals surface area contributed by atoms with Gasteiger partial charge in [0, 0.05) is 18.9 Å². The maximum absolute atomic E-state index is 12.5. The number of ether oxygens (including phenoxy) is 1. The standard InChI is InChI=1S/C20H22N2O2/c21-19(13-7-9-24-10-8-13)20(23)22-16-5-6-18-15(12-16)11-14-3-1-2-4-17(14)18/h1-6,12-13,19H,7-11,21H2,(H,22,23). The molecule has 0 radical (unpaired) electrons.